The van der Waals surface area contributed by atoms with Crippen LogP contribution in [0.2, 0.25) is 10.0 Å². The van der Waals surface area contributed by atoms with Gasteiger partial charge in [0.1, 0.15) is 0 Å². The smallest absolute Gasteiger partial charge is 0.0637 e. The molecular formula is C14H22Cl2N2. The summed E-state index contributed by atoms with van der Waals surface area (Å²) in [5, 5.41) is 4.69. The molecule has 2 nitrogen and oxygen atoms in total. The molecule has 1 N–H and O–H groups in total. The summed E-state index contributed by atoms with van der Waals surface area (Å²) in [4.78, 5) is 2.44. The minimum Gasteiger partial charge on any atom is -0.311 e. The minimum absolute atomic E-state index is 0.622. The number of hydrogen-bond acceptors (Lipinski definition) is 2. The molecule has 1 aromatic carbocycles. The molecule has 0 fully saturated rings. The highest BCUT2D eigenvalue weighted by Crippen LogP contribution is 2.25. The Balaban J connectivity index is 2.31. The van der Waals surface area contributed by atoms with Crippen LogP contribution in [0.4, 0.5) is 0 Å². The molecule has 4 heteroatoms. The maximum atomic E-state index is 6.13. The fraction of sp³-hybridized carbons (Fsp3) is 0.571. The van der Waals surface area contributed by atoms with Gasteiger partial charge in [-0.15, -0.1) is 0 Å². The highest BCUT2D eigenvalue weighted by molar-refractivity contribution is 6.42. The zero-order chi connectivity index (χ0) is 13.4. The van der Waals surface area contributed by atoms with Crippen LogP contribution in [0.1, 0.15) is 25.8 Å². The van der Waals surface area contributed by atoms with Gasteiger partial charge in [-0.05, 0) is 31.1 Å². The second kappa shape index (κ2) is 8.76. The molecule has 0 aliphatic carbocycles. The number of halogens is 2. The molecule has 0 saturated heterocycles. The molecule has 0 amide bonds. The molecule has 0 aromatic heterocycles. The predicted molar refractivity (Wildman–Crippen MR) is 80.6 cm³/mol. The Morgan fingerprint density at radius 3 is 2.61 bits per heavy atom. The van der Waals surface area contributed by atoms with Gasteiger partial charge < -0.3 is 10.2 Å². The molecule has 0 saturated carbocycles. The lowest BCUT2D eigenvalue weighted by molar-refractivity contribution is 0.287. The third-order valence-electron chi connectivity index (χ3n) is 2.94. The number of likely N-dealkylation sites (N-methyl/N-ethyl adjacent to an activating group) is 1. The number of hydrogen-bond donors (Lipinski definition) is 1. The standard InChI is InChI=1S/C14H22Cl2N2/c1-3-9-18(4-2)10-8-17-11-12-6-5-7-13(15)14(12)16/h5-7,17H,3-4,8-11H2,1-2H3. The molecule has 0 heterocycles. The maximum Gasteiger partial charge on any atom is 0.0637 e. The van der Waals surface area contributed by atoms with E-state index in [1.807, 2.05) is 18.2 Å². The van der Waals surface area contributed by atoms with E-state index in [2.05, 4.69) is 24.1 Å². The molecule has 1 rings (SSSR count). The number of nitrogens with one attached hydrogen (secondary N) is 1. The lowest BCUT2D eigenvalue weighted by Crippen LogP contribution is -2.32. The monoisotopic (exact) mass is 288 g/mol. The van der Waals surface area contributed by atoms with Crippen LogP contribution in [0.25, 0.3) is 0 Å². The molecule has 0 spiro atoms. The van der Waals surface area contributed by atoms with E-state index >= 15 is 0 Å². The summed E-state index contributed by atoms with van der Waals surface area (Å²) in [6.45, 7) is 9.48. The van der Waals surface area contributed by atoms with Gasteiger partial charge in [-0.3, -0.25) is 0 Å². The highest BCUT2D eigenvalue weighted by Gasteiger charge is 2.04. The lowest BCUT2D eigenvalue weighted by Gasteiger charge is -2.19. The molecule has 18 heavy (non-hydrogen) atoms. The quantitative estimate of drug-likeness (QED) is 0.732. The second-order valence-electron chi connectivity index (χ2n) is 4.32. The lowest BCUT2D eigenvalue weighted by atomic mass is 10.2. The van der Waals surface area contributed by atoms with Crippen molar-refractivity contribution in [2.45, 2.75) is 26.8 Å². The molecule has 1 aromatic rings. The van der Waals surface area contributed by atoms with E-state index in [0.29, 0.717) is 10.0 Å². The van der Waals surface area contributed by atoms with Gasteiger partial charge in [0, 0.05) is 19.6 Å². The van der Waals surface area contributed by atoms with Crippen molar-refractivity contribution < 1.29 is 0 Å². The first-order chi connectivity index (χ1) is 8.69. The highest BCUT2D eigenvalue weighted by atomic mass is 35.5. The van der Waals surface area contributed by atoms with Gasteiger partial charge in [0.2, 0.25) is 0 Å². The molecule has 0 aliphatic rings. The number of nitrogens with zero attached hydrogens (tertiary/aromatic N) is 1. The van der Waals surface area contributed by atoms with Crippen LogP contribution in [0.15, 0.2) is 18.2 Å². The average molecular weight is 289 g/mol. The first kappa shape index (κ1) is 15.8. The van der Waals surface area contributed by atoms with E-state index in [9.17, 15) is 0 Å². The SMILES string of the molecule is CCCN(CC)CCNCc1cccc(Cl)c1Cl. The van der Waals surface area contributed by atoms with E-state index in [4.69, 9.17) is 23.2 Å². The van der Waals surface area contributed by atoms with Gasteiger partial charge in [0.25, 0.3) is 0 Å². The Morgan fingerprint density at radius 1 is 1.17 bits per heavy atom. The summed E-state index contributed by atoms with van der Waals surface area (Å²) in [5.41, 5.74) is 1.06. The first-order valence-corrected chi connectivity index (χ1v) is 7.30. The fourth-order valence-electron chi connectivity index (χ4n) is 1.89. The number of benzene rings is 1. The van der Waals surface area contributed by atoms with Crippen molar-refractivity contribution in [2.75, 3.05) is 26.2 Å². The Morgan fingerprint density at radius 2 is 1.94 bits per heavy atom. The Hall–Kier alpha value is -0.280. The van der Waals surface area contributed by atoms with Gasteiger partial charge >= 0.3 is 0 Å². The first-order valence-electron chi connectivity index (χ1n) is 6.55. The van der Waals surface area contributed by atoms with Crippen LogP contribution < -0.4 is 5.32 Å². The Bertz CT molecular complexity index is 356. The van der Waals surface area contributed by atoms with Crippen LogP contribution in [0.3, 0.4) is 0 Å². The topological polar surface area (TPSA) is 15.3 Å². The van der Waals surface area contributed by atoms with Crippen LogP contribution >= 0.6 is 23.2 Å². The van der Waals surface area contributed by atoms with Crippen LogP contribution in [0.5, 0.6) is 0 Å². The number of rotatable bonds is 8. The van der Waals surface area contributed by atoms with Crippen molar-refractivity contribution >= 4 is 23.2 Å². The predicted octanol–water partition coefficient (Wildman–Crippen LogP) is 3.81. The largest absolute Gasteiger partial charge is 0.311 e. The average Bonchev–Trinajstić information content (AvgIpc) is 2.38. The molecule has 102 valence electrons. The van der Waals surface area contributed by atoms with Crippen LogP contribution in [-0.2, 0) is 6.54 Å². The van der Waals surface area contributed by atoms with Crippen molar-refractivity contribution in [1.29, 1.82) is 0 Å². The van der Waals surface area contributed by atoms with Crippen LogP contribution in [0, 0.1) is 0 Å². The van der Waals surface area contributed by atoms with E-state index < -0.39 is 0 Å². The van der Waals surface area contributed by atoms with Gasteiger partial charge in [-0.2, -0.15) is 0 Å². The normalized spacial score (nSPS) is 11.2. The van der Waals surface area contributed by atoms with Crippen molar-refractivity contribution in [2.24, 2.45) is 0 Å². The molecular weight excluding hydrogens is 267 g/mol. The Labute approximate surface area is 120 Å². The van der Waals surface area contributed by atoms with Crippen molar-refractivity contribution in [3.8, 4) is 0 Å². The van der Waals surface area contributed by atoms with E-state index in [-0.39, 0.29) is 0 Å². The maximum absolute atomic E-state index is 6.13. The second-order valence-corrected chi connectivity index (χ2v) is 5.11. The van der Waals surface area contributed by atoms with E-state index in [1.54, 1.807) is 0 Å². The van der Waals surface area contributed by atoms with E-state index in [0.717, 1.165) is 38.3 Å². The molecule has 0 radical (unpaired) electrons. The molecule has 0 atom stereocenters. The zero-order valence-electron chi connectivity index (χ0n) is 11.2. The van der Waals surface area contributed by atoms with Crippen molar-refractivity contribution in [1.82, 2.24) is 10.2 Å². The van der Waals surface area contributed by atoms with Gasteiger partial charge in [-0.25, -0.2) is 0 Å². The van der Waals surface area contributed by atoms with Crippen LogP contribution in [-0.4, -0.2) is 31.1 Å². The summed E-state index contributed by atoms with van der Waals surface area (Å²) in [6, 6.07) is 5.75. The summed E-state index contributed by atoms with van der Waals surface area (Å²) in [6.07, 6.45) is 1.20. The third kappa shape index (κ3) is 5.15. The summed E-state index contributed by atoms with van der Waals surface area (Å²) < 4.78 is 0. The van der Waals surface area contributed by atoms with Crippen molar-refractivity contribution in [3.05, 3.63) is 33.8 Å². The van der Waals surface area contributed by atoms with Gasteiger partial charge in [0.05, 0.1) is 10.0 Å². The summed E-state index contributed by atoms with van der Waals surface area (Å²) in [5.74, 6) is 0. The zero-order valence-corrected chi connectivity index (χ0v) is 12.7. The minimum atomic E-state index is 0.622. The third-order valence-corrected chi connectivity index (χ3v) is 3.80. The molecule has 0 aliphatic heterocycles. The molecule has 0 bridgehead atoms. The summed E-state index contributed by atoms with van der Waals surface area (Å²) in [7, 11) is 0. The Kier molecular flexibility index (Phi) is 7.68. The van der Waals surface area contributed by atoms with Gasteiger partial charge in [-0.1, -0.05) is 49.2 Å². The van der Waals surface area contributed by atoms with E-state index in [1.165, 1.54) is 6.42 Å². The summed E-state index contributed by atoms with van der Waals surface area (Å²) >= 11 is 12.1. The molecule has 0 unspecified atom stereocenters. The fourth-order valence-corrected chi connectivity index (χ4v) is 2.28. The van der Waals surface area contributed by atoms with Crippen molar-refractivity contribution in [3.63, 3.8) is 0 Å². The van der Waals surface area contributed by atoms with Gasteiger partial charge in [0.15, 0.2) is 0 Å².